The van der Waals surface area contributed by atoms with Gasteiger partial charge in [0.05, 0.1) is 18.8 Å². The van der Waals surface area contributed by atoms with E-state index in [1.165, 1.54) is 6.08 Å². The van der Waals surface area contributed by atoms with Crippen molar-refractivity contribution in [2.45, 2.75) is 26.8 Å². The molecule has 9 nitrogen and oxygen atoms in total. The first-order valence-electron chi connectivity index (χ1n) is 9.03. The zero-order chi connectivity index (χ0) is 20.1. The number of hydrogen-bond donors (Lipinski definition) is 1. The molecule has 0 aliphatic carbocycles. The standard InChI is InChI=1S/C19H23N5O4/c1-5-10-28-18(25)16-12(4)20-19-21-22-23-24(19)17(16)13-8-9-14(26-6-2)15(11-13)27-7-3/h5,8-9,11,17H,1,6-7,10H2,2-4H3,(H,20,21,23). The number of nitrogens with zero attached hydrogens (tertiary/aromatic N) is 4. The van der Waals surface area contributed by atoms with Crippen LogP contribution >= 0.6 is 0 Å². The number of carbonyl (C=O) groups excluding carboxylic acids is 1. The van der Waals surface area contributed by atoms with Crippen molar-refractivity contribution in [2.75, 3.05) is 25.1 Å². The van der Waals surface area contributed by atoms with E-state index in [1.54, 1.807) is 11.6 Å². The van der Waals surface area contributed by atoms with E-state index in [9.17, 15) is 4.79 Å². The predicted octanol–water partition coefficient (Wildman–Crippen LogP) is 2.49. The number of ether oxygens (including phenoxy) is 3. The van der Waals surface area contributed by atoms with Crippen LogP contribution in [0.1, 0.15) is 32.4 Å². The third-order valence-corrected chi connectivity index (χ3v) is 4.15. The Hall–Kier alpha value is -3.36. The largest absolute Gasteiger partial charge is 0.490 e. The van der Waals surface area contributed by atoms with Gasteiger partial charge in [-0.15, -0.1) is 0 Å². The lowest BCUT2D eigenvalue weighted by molar-refractivity contribution is -0.138. The van der Waals surface area contributed by atoms with Crippen LogP contribution in [0.2, 0.25) is 0 Å². The zero-order valence-corrected chi connectivity index (χ0v) is 16.1. The number of carbonyl (C=O) groups is 1. The van der Waals surface area contributed by atoms with Gasteiger partial charge in [-0.3, -0.25) is 0 Å². The number of fused-ring (bicyclic) bond motifs is 1. The molecule has 0 amide bonds. The monoisotopic (exact) mass is 385 g/mol. The highest BCUT2D eigenvalue weighted by Gasteiger charge is 2.35. The summed E-state index contributed by atoms with van der Waals surface area (Å²) in [4.78, 5) is 12.8. The van der Waals surface area contributed by atoms with Gasteiger partial charge in [0.2, 0.25) is 5.95 Å². The van der Waals surface area contributed by atoms with Crippen molar-refractivity contribution in [3.63, 3.8) is 0 Å². The molecule has 2 aromatic rings. The second-order valence-electron chi connectivity index (χ2n) is 5.97. The fraction of sp³-hybridized carbons (Fsp3) is 0.368. The number of benzene rings is 1. The maximum atomic E-state index is 12.8. The maximum Gasteiger partial charge on any atom is 0.338 e. The first kappa shape index (κ1) is 19.4. The number of anilines is 1. The molecule has 1 aliphatic rings. The van der Waals surface area contributed by atoms with Crippen molar-refractivity contribution >= 4 is 11.9 Å². The van der Waals surface area contributed by atoms with Gasteiger partial charge in [0.1, 0.15) is 12.6 Å². The smallest absolute Gasteiger partial charge is 0.338 e. The Kier molecular flexibility index (Phi) is 5.93. The van der Waals surface area contributed by atoms with Gasteiger partial charge in [0.15, 0.2) is 11.5 Å². The Morgan fingerprint density at radius 3 is 2.75 bits per heavy atom. The fourth-order valence-corrected chi connectivity index (χ4v) is 3.03. The first-order valence-corrected chi connectivity index (χ1v) is 9.03. The predicted molar refractivity (Wildman–Crippen MR) is 102 cm³/mol. The minimum atomic E-state index is -0.571. The summed E-state index contributed by atoms with van der Waals surface area (Å²) in [5.41, 5.74) is 1.80. The molecule has 2 heterocycles. The third kappa shape index (κ3) is 3.68. The lowest BCUT2D eigenvalue weighted by Gasteiger charge is -2.27. The molecule has 9 heteroatoms. The molecule has 1 aromatic carbocycles. The average molecular weight is 385 g/mol. The molecule has 148 valence electrons. The molecular formula is C19H23N5O4. The maximum absolute atomic E-state index is 12.8. The molecule has 0 bridgehead atoms. The summed E-state index contributed by atoms with van der Waals surface area (Å²) in [5, 5.41) is 14.8. The molecule has 3 rings (SSSR count). The molecule has 0 saturated heterocycles. The van der Waals surface area contributed by atoms with Crippen molar-refractivity contribution in [2.24, 2.45) is 0 Å². The van der Waals surface area contributed by atoms with Crippen LogP contribution in [-0.4, -0.2) is 46.0 Å². The molecule has 28 heavy (non-hydrogen) atoms. The van der Waals surface area contributed by atoms with E-state index in [4.69, 9.17) is 14.2 Å². The van der Waals surface area contributed by atoms with Crippen LogP contribution in [-0.2, 0) is 9.53 Å². The summed E-state index contributed by atoms with van der Waals surface area (Å²) in [7, 11) is 0. The number of rotatable bonds is 8. The van der Waals surface area contributed by atoms with E-state index in [0.717, 1.165) is 5.56 Å². The number of aromatic nitrogens is 4. The van der Waals surface area contributed by atoms with Crippen LogP contribution < -0.4 is 14.8 Å². The first-order chi connectivity index (χ1) is 13.6. The number of nitrogens with one attached hydrogen (secondary N) is 1. The Labute approximate surface area is 163 Å². The number of hydrogen-bond acceptors (Lipinski definition) is 8. The van der Waals surface area contributed by atoms with Gasteiger partial charge in [-0.1, -0.05) is 23.8 Å². The molecule has 0 fully saturated rings. The van der Waals surface area contributed by atoms with Gasteiger partial charge in [-0.2, -0.15) is 4.68 Å². The Bertz CT molecular complexity index is 905. The molecule has 1 N–H and O–H groups in total. The molecule has 1 unspecified atom stereocenters. The quantitative estimate of drug-likeness (QED) is 0.546. The van der Waals surface area contributed by atoms with Gasteiger partial charge in [-0.25, -0.2) is 4.79 Å². The molecule has 0 radical (unpaired) electrons. The SMILES string of the molecule is C=CCOC(=O)C1=C(C)Nc2nnnn2C1c1ccc(OCC)c(OCC)c1. The Morgan fingerprint density at radius 1 is 1.29 bits per heavy atom. The normalized spacial score (nSPS) is 15.5. The van der Waals surface area contributed by atoms with E-state index in [2.05, 4.69) is 27.4 Å². The van der Waals surface area contributed by atoms with E-state index in [0.29, 0.717) is 41.9 Å². The second-order valence-corrected chi connectivity index (χ2v) is 5.97. The molecule has 0 saturated carbocycles. The molecule has 1 atom stereocenters. The van der Waals surface area contributed by atoms with Crippen LogP contribution in [0.15, 0.2) is 42.1 Å². The topological polar surface area (TPSA) is 100 Å². The van der Waals surface area contributed by atoms with Gasteiger partial charge < -0.3 is 19.5 Å². The van der Waals surface area contributed by atoms with E-state index in [-0.39, 0.29) is 6.61 Å². The number of esters is 1. The second kappa shape index (κ2) is 8.55. The van der Waals surface area contributed by atoms with Gasteiger partial charge in [0, 0.05) is 5.70 Å². The van der Waals surface area contributed by atoms with E-state index >= 15 is 0 Å². The van der Waals surface area contributed by atoms with Crippen LogP contribution in [0.3, 0.4) is 0 Å². The van der Waals surface area contributed by atoms with Crippen LogP contribution in [0.4, 0.5) is 5.95 Å². The molecule has 1 aromatic heterocycles. The Balaban J connectivity index is 2.09. The van der Waals surface area contributed by atoms with E-state index in [1.807, 2.05) is 32.0 Å². The van der Waals surface area contributed by atoms with Gasteiger partial charge in [0.25, 0.3) is 0 Å². The zero-order valence-electron chi connectivity index (χ0n) is 16.1. The van der Waals surface area contributed by atoms with Gasteiger partial charge in [-0.05, 0) is 48.9 Å². The molecule has 1 aliphatic heterocycles. The van der Waals surface area contributed by atoms with Crippen molar-refractivity contribution in [1.29, 1.82) is 0 Å². The van der Waals surface area contributed by atoms with Crippen LogP contribution in [0.25, 0.3) is 0 Å². The van der Waals surface area contributed by atoms with Crippen LogP contribution in [0, 0.1) is 0 Å². The minimum Gasteiger partial charge on any atom is -0.490 e. The van der Waals surface area contributed by atoms with E-state index < -0.39 is 12.0 Å². The Morgan fingerprint density at radius 2 is 2.04 bits per heavy atom. The lowest BCUT2D eigenvalue weighted by atomic mass is 9.95. The van der Waals surface area contributed by atoms with Crippen molar-refractivity contribution in [1.82, 2.24) is 20.2 Å². The minimum absolute atomic E-state index is 0.109. The lowest BCUT2D eigenvalue weighted by Crippen LogP contribution is -2.29. The summed E-state index contributed by atoms with van der Waals surface area (Å²) in [6.45, 7) is 10.3. The van der Waals surface area contributed by atoms with Crippen molar-refractivity contribution < 1.29 is 19.0 Å². The highest BCUT2D eigenvalue weighted by atomic mass is 16.5. The third-order valence-electron chi connectivity index (χ3n) is 4.15. The number of tetrazole rings is 1. The van der Waals surface area contributed by atoms with Crippen molar-refractivity contribution in [3.05, 3.63) is 47.7 Å². The number of allylic oxidation sites excluding steroid dienone is 1. The summed E-state index contributed by atoms with van der Waals surface area (Å²) in [5.74, 6) is 1.19. The highest BCUT2D eigenvalue weighted by molar-refractivity contribution is 5.92. The van der Waals surface area contributed by atoms with Crippen molar-refractivity contribution in [3.8, 4) is 11.5 Å². The average Bonchev–Trinajstić information content (AvgIpc) is 3.14. The summed E-state index contributed by atoms with van der Waals surface area (Å²) >= 11 is 0. The van der Waals surface area contributed by atoms with Crippen LogP contribution in [0.5, 0.6) is 11.5 Å². The molecular weight excluding hydrogens is 362 g/mol. The van der Waals surface area contributed by atoms with Gasteiger partial charge >= 0.3 is 5.97 Å². The summed E-state index contributed by atoms with van der Waals surface area (Å²) in [6, 6.07) is 4.95. The summed E-state index contributed by atoms with van der Waals surface area (Å²) in [6.07, 6.45) is 1.52. The fourth-order valence-electron chi connectivity index (χ4n) is 3.03. The summed E-state index contributed by atoms with van der Waals surface area (Å²) < 4.78 is 18.2. The highest BCUT2D eigenvalue weighted by Crippen LogP contribution is 2.38. The molecule has 0 spiro atoms.